The van der Waals surface area contributed by atoms with Crippen LogP contribution in [0.1, 0.15) is 31.5 Å². The highest BCUT2D eigenvalue weighted by Crippen LogP contribution is 2.38. The number of nitrogens with two attached hydrogens (primary N) is 1. The first kappa shape index (κ1) is 18.2. The summed E-state index contributed by atoms with van der Waals surface area (Å²) in [5.41, 5.74) is 7.58. The molecule has 0 radical (unpaired) electrons. The van der Waals surface area contributed by atoms with Gasteiger partial charge in [-0.15, -0.1) is 23.7 Å². The van der Waals surface area contributed by atoms with E-state index in [-0.39, 0.29) is 12.4 Å². The summed E-state index contributed by atoms with van der Waals surface area (Å²) in [5, 5.41) is 6.88. The van der Waals surface area contributed by atoms with Crippen molar-refractivity contribution in [2.24, 2.45) is 5.73 Å². The molecular weight excluding hydrogens is 388 g/mol. The molecule has 1 aromatic carbocycles. The number of ether oxygens (including phenoxy) is 2. The van der Waals surface area contributed by atoms with Crippen molar-refractivity contribution in [2.45, 2.75) is 31.2 Å². The van der Waals surface area contributed by atoms with Crippen LogP contribution in [-0.2, 0) is 5.54 Å². The van der Waals surface area contributed by atoms with E-state index in [9.17, 15) is 0 Å². The molecule has 1 aliphatic carbocycles. The number of rotatable bonds is 3. The summed E-state index contributed by atoms with van der Waals surface area (Å²) in [4.78, 5) is 9.16. The molecule has 0 atom stereocenters. The molecule has 1 fully saturated rings. The molecule has 2 N–H and O–H groups in total. The summed E-state index contributed by atoms with van der Waals surface area (Å²) in [6.07, 6.45) is 3.99. The highest BCUT2D eigenvalue weighted by atomic mass is 35.5. The molecule has 2 aromatic heterocycles. The number of fused-ring (bicyclic) bond motifs is 1. The second kappa shape index (κ2) is 7.10. The number of hydrogen-bond acceptors (Lipinski definition) is 8. The maximum absolute atomic E-state index is 6.40. The fourth-order valence-electron chi connectivity index (χ4n) is 3.44. The van der Waals surface area contributed by atoms with Gasteiger partial charge in [-0.2, -0.15) is 4.98 Å². The molecule has 142 valence electrons. The first-order valence-corrected chi connectivity index (χ1v) is 9.58. The molecule has 3 heterocycles. The number of thiazole rings is 1. The Morgan fingerprint density at radius 1 is 1.04 bits per heavy atom. The van der Waals surface area contributed by atoms with Gasteiger partial charge in [0.05, 0.1) is 5.54 Å². The second-order valence-electron chi connectivity index (χ2n) is 6.68. The molecule has 0 unspecified atom stereocenters. The van der Waals surface area contributed by atoms with E-state index in [0.717, 1.165) is 47.8 Å². The lowest BCUT2D eigenvalue weighted by Gasteiger charge is -2.18. The van der Waals surface area contributed by atoms with Crippen molar-refractivity contribution in [3.8, 4) is 33.7 Å². The van der Waals surface area contributed by atoms with Gasteiger partial charge in [-0.25, -0.2) is 4.98 Å². The van der Waals surface area contributed by atoms with Gasteiger partial charge in [0.25, 0.3) is 5.89 Å². The maximum atomic E-state index is 6.40. The first-order valence-electron chi connectivity index (χ1n) is 8.70. The topological polar surface area (TPSA) is 96.3 Å². The molecule has 2 aliphatic rings. The Hall–Kier alpha value is -2.16. The molecule has 0 amide bonds. The predicted octanol–water partition coefficient (Wildman–Crippen LogP) is 3.78. The van der Waals surface area contributed by atoms with Crippen LogP contribution in [0.5, 0.6) is 11.5 Å². The number of halogens is 1. The van der Waals surface area contributed by atoms with E-state index in [1.54, 1.807) is 0 Å². The zero-order valence-corrected chi connectivity index (χ0v) is 16.1. The Morgan fingerprint density at radius 3 is 2.63 bits per heavy atom. The molecule has 0 spiro atoms. The van der Waals surface area contributed by atoms with Gasteiger partial charge >= 0.3 is 0 Å². The molecule has 5 rings (SSSR count). The standard InChI is InChI=1S/C18H18N4O3S.ClH/c19-18(5-1-2-6-18)17-21-15(25-22-17)12-10-26-16(20-12)11-3-4-13-14(9-11)24-8-7-23-13;/h3-4,9-10H,1-2,5-8,19H2;1H. The van der Waals surface area contributed by atoms with Crippen LogP contribution in [0.2, 0.25) is 0 Å². The quantitative estimate of drug-likeness (QED) is 0.706. The van der Waals surface area contributed by atoms with E-state index in [0.29, 0.717) is 30.6 Å². The van der Waals surface area contributed by atoms with Gasteiger partial charge in [-0.3, -0.25) is 0 Å². The maximum Gasteiger partial charge on any atom is 0.277 e. The lowest BCUT2D eigenvalue weighted by Crippen LogP contribution is -2.34. The van der Waals surface area contributed by atoms with Crippen LogP contribution in [-0.4, -0.2) is 28.3 Å². The monoisotopic (exact) mass is 406 g/mol. The normalized spacial score (nSPS) is 17.5. The number of benzene rings is 1. The molecule has 1 saturated carbocycles. The van der Waals surface area contributed by atoms with E-state index in [4.69, 9.17) is 19.7 Å². The minimum atomic E-state index is -0.462. The summed E-state index contributed by atoms with van der Waals surface area (Å²) in [6.45, 7) is 1.14. The summed E-state index contributed by atoms with van der Waals surface area (Å²) in [7, 11) is 0. The molecule has 7 nitrogen and oxygen atoms in total. The first-order chi connectivity index (χ1) is 12.7. The van der Waals surface area contributed by atoms with Crippen LogP contribution in [0.25, 0.3) is 22.2 Å². The zero-order chi connectivity index (χ0) is 17.6. The lowest BCUT2D eigenvalue weighted by atomic mass is 9.99. The number of nitrogens with zero attached hydrogens (tertiary/aromatic N) is 3. The lowest BCUT2D eigenvalue weighted by molar-refractivity contribution is 0.171. The molecule has 1 aliphatic heterocycles. The van der Waals surface area contributed by atoms with Gasteiger partial charge in [0.15, 0.2) is 17.3 Å². The highest BCUT2D eigenvalue weighted by molar-refractivity contribution is 7.13. The van der Waals surface area contributed by atoms with Crippen LogP contribution in [0, 0.1) is 0 Å². The van der Waals surface area contributed by atoms with E-state index in [1.807, 2.05) is 23.6 Å². The van der Waals surface area contributed by atoms with Crippen LogP contribution >= 0.6 is 23.7 Å². The smallest absolute Gasteiger partial charge is 0.277 e. The summed E-state index contributed by atoms with van der Waals surface area (Å²) in [6, 6.07) is 5.83. The number of hydrogen-bond donors (Lipinski definition) is 1. The van der Waals surface area contributed by atoms with Crippen molar-refractivity contribution < 1.29 is 14.0 Å². The third-order valence-electron chi connectivity index (χ3n) is 4.88. The largest absolute Gasteiger partial charge is 0.486 e. The van der Waals surface area contributed by atoms with Crippen LogP contribution in [0.3, 0.4) is 0 Å². The van der Waals surface area contributed by atoms with E-state index >= 15 is 0 Å². The predicted molar refractivity (Wildman–Crippen MR) is 103 cm³/mol. The Kier molecular flexibility index (Phi) is 4.79. The second-order valence-corrected chi connectivity index (χ2v) is 7.54. The Morgan fingerprint density at radius 2 is 1.81 bits per heavy atom. The summed E-state index contributed by atoms with van der Waals surface area (Å²) >= 11 is 1.52. The van der Waals surface area contributed by atoms with Gasteiger partial charge in [0.2, 0.25) is 0 Å². The Labute approximate surface area is 166 Å². The van der Waals surface area contributed by atoms with Crippen molar-refractivity contribution >= 4 is 23.7 Å². The van der Waals surface area contributed by atoms with Gasteiger partial charge in [0.1, 0.15) is 23.9 Å². The van der Waals surface area contributed by atoms with Gasteiger partial charge in [-0.1, -0.05) is 18.0 Å². The van der Waals surface area contributed by atoms with Gasteiger partial charge < -0.3 is 19.7 Å². The highest BCUT2D eigenvalue weighted by Gasteiger charge is 2.36. The van der Waals surface area contributed by atoms with Gasteiger partial charge in [-0.05, 0) is 31.0 Å². The minimum absolute atomic E-state index is 0. The molecule has 0 bridgehead atoms. The van der Waals surface area contributed by atoms with Crippen molar-refractivity contribution in [2.75, 3.05) is 13.2 Å². The fourth-order valence-corrected chi connectivity index (χ4v) is 4.23. The molecule has 27 heavy (non-hydrogen) atoms. The van der Waals surface area contributed by atoms with E-state index in [2.05, 4.69) is 15.1 Å². The third kappa shape index (κ3) is 3.28. The van der Waals surface area contributed by atoms with Crippen molar-refractivity contribution in [3.63, 3.8) is 0 Å². The van der Waals surface area contributed by atoms with Crippen molar-refractivity contribution in [1.82, 2.24) is 15.1 Å². The van der Waals surface area contributed by atoms with Crippen LogP contribution < -0.4 is 15.2 Å². The Balaban J connectivity index is 0.00000180. The Bertz CT molecular complexity index is 952. The van der Waals surface area contributed by atoms with Crippen molar-refractivity contribution in [1.29, 1.82) is 0 Å². The van der Waals surface area contributed by atoms with E-state index < -0.39 is 5.54 Å². The summed E-state index contributed by atoms with van der Waals surface area (Å²) < 4.78 is 16.6. The van der Waals surface area contributed by atoms with Crippen molar-refractivity contribution in [3.05, 3.63) is 29.4 Å². The van der Waals surface area contributed by atoms with Crippen LogP contribution in [0.15, 0.2) is 28.1 Å². The molecule has 9 heteroatoms. The fraction of sp³-hybridized carbons (Fsp3) is 0.389. The average Bonchev–Trinajstić information content (AvgIpc) is 3.41. The molecular formula is C18H19ClN4O3S. The van der Waals surface area contributed by atoms with E-state index in [1.165, 1.54) is 11.3 Å². The van der Waals surface area contributed by atoms with Crippen LogP contribution in [0.4, 0.5) is 0 Å². The average molecular weight is 407 g/mol. The number of aromatic nitrogens is 3. The molecule has 0 saturated heterocycles. The minimum Gasteiger partial charge on any atom is -0.486 e. The SMILES string of the molecule is Cl.NC1(c2noc(-c3csc(-c4ccc5c(c4)OCCO5)n3)n2)CCCC1. The third-order valence-corrected chi connectivity index (χ3v) is 5.77. The molecule has 3 aromatic rings. The van der Waals surface area contributed by atoms with Gasteiger partial charge in [0, 0.05) is 10.9 Å². The summed E-state index contributed by atoms with van der Waals surface area (Å²) in [5.74, 6) is 2.51. The zero-order valence-electron chi connectivity index (χ0n) is 14.5.